The van der Waals surface area contributed by atoms with Crippen LogP contribution in [0.5, 0.6) is 0 Å². The van der Waals surface area contributed by atoms with Crippen LogP contribution < -0.4 is 5.73 Å². The van der Waals surface area contributed by atoms with Gasteiger partial charge in [-0.25, -0.2) is 0 Å². The zero-order chi connectivity index (χ0) is 14.9. The Hall–Kier alpha value is -1.72. The number of alkyl halides is 3. The van der Waals surface area contributed by atoms with Crippen molar-refractivity contribution in [2.24, 2.45) is 5.92 Å². The van der Waals surface area contributed by atoms with Crippen LogP contribution in [-0.4, -0.2) is 30.1 Å². The van der Waals surface area contributed by atoms with E-state index in [1.54, 1.807) is 25.1 Å². The summed E-state index contributed by atoms with van der Waals surface area (Å²) in [7, 11) is 0. The van der Waals surface area contributed by atoms with Crippen LogP contribution >= 0.6 is 0 Å². The Morgan fingerprint density at radius 1 is 1.30 bits per heavy atom. The van der Waals surface area contributed by atoms with Gasteiger partial charge in [0.25, 0.3) is 5.91 Å². The van der Waals surface area contributed by atoms with Gasteiger partial charge in [0.15, 0.2) is 0 Å². The SMILES string of the molecule is Cc1cc(C(=O)N2CCC(C(F)(F)F)CC2)ccc1N. The summed E-state index contributed by atoms with van der Waals surface area (Å²) in [5, 5.41) is 0. The Kier molecular flexibility index (Phi) is 3.92. The monoisotopic (exact) mass is 286 g/mol. The smallest absolute Gasteiger partial charge is 0.391 e. The fourth-order valence-electron chi connectivity index (χ4n) is 2.40. The summed E-state index contributed by atoms with van der Waals surface area (Å²) < 4.78 is 37.7. The van der Waals surface area contributed by atoms with Crippen molar-refractivity contribution in [2.45, 2.75) is 25.9 Å². The lowest BCUT2D eigenvalue weighted by atomic mass is 9.95. The van der Waals surface area contributed by atoms with E-state index in [0.717, 1.165) is 5.56 Å². The second-order valence-corrected chi connectivity index (χ2v) is 5.18. The van der Waals surface area contributed by atoms with Crippen molar-refractivity contribution in [1.29, 1.82) is 0 Å². The largest absolute Gasteiger partial charge is 0.399 e. The second-order valence-electron chi connectivity index (χ2n) is 5.18. The van der Waals surface area contributed by atoms with Crippen molar-refractivity contribution >= 4 is 11.6 Å². The number of rotatable bonds is 1. The molecule has 0 radical (unpaired) electrons. The minimum Gasteiger partial charge on any atom is -0.399 e. The fraction of sp³-hybridized carbons (Fsp3) is 0.500. The number of nitrogens with two attached hydrogens (primary N) is 1. The first-order valence-electron chi connectivity index (χ1n) is 6.51. The highest BCUT2D eigenvalue weighted by Gasteiger charge is 2.41. The highest BCUT2D eigenvalue weighted by atomic mass is 19.4. The first-order valence-corrected chi connectivity index (χ1v) is 6.51. The molecule has 1 amide bonds. The van der Waals surface area contributed by atoms with E-state index in [1.807, 2.05) is 0 Å². The van der Waals surface area contributed by atoms with Crippen LogP contribution in [0.4, 0.5) is 18.9 Å². The number of carbonyl (C=O) groups excluding carboxylic acids is 1. The molecule has 0 aromatic heterocycles. The van der Waals surface area contributed by atoms with Crippen molar-refractivity contribution in [1.82, 2.24) is 4.90 Å². The van der Waals surface area contributed by atoms with E-state index in [-0.39, 0.29) is 31.8 Å². The van der Waals surface area contributed by atoms with Gasteiger partial charge in [-0.3, -0.25) is 4.79 Å². The number of halogens is 3. The molecule has 1 fully saturated rings. The number of benzene rings is 1. The molecule has 0 aliphatic carbocycles. The lowest BCUT2D eigenvalue weighted by Gasteiger charge is -2.33. The summed E-state index contributed by atoms with van der Waals surface area (Å²) in [6.07, 6.45) is -4.21. The Morgan fingerprint density at radius 2 is 1.90 bits per heavy atom. The molecule has 1 heterocycles. The maximum Gasteiger partial charge on any atom is 0.391 e. The van der Waals surface area contributed by atoms with Gasteiger partial charge in [-0.05, 0) is 43.5 Å². The average Bonchev–Trinajstić information content (AvgIpc) is 2.40. The van der Waals surface area contributed by atoms with Crippen molar-refractivity contribution < 1.29 is 18.0 Å². The van der Waals surface area contributed by atoms with E-state index in [2.05, 4.69) is 0 Å². The molecule has 1 aromatic rings. The summed E-state index contributed by atoms with van der Waals surface area (Å²) in [4.78, 5) is 13.7. The van der Waals surface area contributed by atoms with Gasteiger partial charge < -0.3 is 10.6 Å². The van der Waals surface area contributed by atoms with Gasteiger partial charge in [0, 0.05) is 24.3 Å². The van der Waals surface area contributed by atoms with Gasteiger partial charge in [-0.2, -0.15) is 13.2 Å². The molecule has 1 saturated heterocycles. The van der Waals surface area contributed by atoms with E-state index < -0.39 is 12.1 Å². The maximum atomic E-state index is 12.6. The van der Waals surface area contributed by atoms with Gasteiger partial charge in [0.2, 0.25) is 0 Å². The summed E-state index contributed by atoms with van der Waals surface area (Å²) in [6, 6.07) is 4.93. The molecular formula is C14H17F3N2O. The summed E-state index contributed by atoms with van der Waals surface area (Å²) >= 11 is 0. The van der Waals surface area contributed by atoms with Gasteiger partial charge in [-0.1, -0.05) is 0 Å². The number of likely N-dealkylation sites (tertiary alicyclic amines) is 1. The van der Waals surface area contributed by atoms with Crippen LogP contribution in [0.2, 0.25) is 0 Å². The minimum atomic E-state index is -4.16. The molecule has 6 heteroatoms. The molecule has 1 aliphatic heterocycles. The number of aryl methyl sites for hydroxylation is 1. The third kappa shape index (κ3) is 3.05. The van der Waals surface area contributed by atoms with Gasteiger partial charge >= 0.3 is 6.18 Å². The number of anilines is 1. The summed E-state index contributed by atoms with van der Waals surface area (Å²) in [5.41, 5.74) is 7.55. The van der Waals surface area contributed by atoms with Crippen molar-refractivity contribution in [3.8, 4) is 0 Å². The number of piperidine rings is 1. The first kappa shape index (κ1) is 14.7. The molecule has 3 nitrogen and oxygen atoms in total. The van der Waals surface area contributed by atoms with Crippen LogP contribution in [0.1, 0.15) is 28.8 Å². The van der Waals surface area contributed by atoms with E-state index in [1.165, 1.54) is 4.90 Å². The predicted molar refractivity (Wildman–Crippen MR) is 70.3 cm³/mol. The normalized spacial score (nSPS) is 17.3. The highest BCUT2D eigenvalue weighted by molar-refractivity contribution is 5.94. The number of nitrogens with zero attached hydrogens (tertiary/aromatic N) is 1. The van der Waals surface area contributed by atoms with Crippen LogP contribution in [-0.2, 0) is 0 Å². The molecule has 0 unspecified atom stereocenters. The summed E-state index contributed by atoms with van der Waals surface area (Å²) in [5.74, 6) is -1.52. The Balaban J connectivity index is 2.03. The van der Waals surface area contributed by atoms with E-state index in [4.69, 9.17) is 5.73 Å². The molecule has 110 valence electrons. The molecule has 0 bridgehead atoms. The Morgan fingerprint density at radius 3 is 2.40 bits per heavy atom. The quantitative estimate of drug-likeness (QED) is 0.807. The third-order valence-corrected chi connectivity index (χ3v) is 3.76. The lowest BCUT2D eigenvalue weighted by Crippen LogP contribution is -2.42. The van der Waals surface area contributed by atoms with Crippen LogP contribution in [0.25, 0.3) is 0 Å². The minimum absolute atomic E-state index is 0.0246. The van der Waals surface area contributed by atoms with Gasteiger partial charge in [-0.15, -0.1) is 0 Å². The van der Waals surface area contributed by atoms with E-state index in [9.17, 15) is 18.0 Å². The van der Waals surface area contributed by atoms with Crippen molar-refractivity contribution in [3.05, 3.63) is 29.3 Å². The highest BCUT2D eigenvalue weighted by Crippen LogP contribution is 2.34. The summed E-state index contributed by atoms with van der Waals surface area (Å²) in [6.45, 7) is 2.08. The van der Waals surface area contributed by atoms with Crippen molar-refractivity contribution in [2.75, 3.05) is 18.8 Å². The zero-order valence-electron chi connectivity index (χ0n) is 11.2. The number of nitrogen functional groups attached to an aromatic ring is 1. The number of amides is 1. The number of hydrogen-bond acceptors (Lipinski definition) is 2. The molecule has 0 saturated carbocycles. The molecule has 1 aliphatic rings. The molecule has 20 heavy (non-hydrogen) atoms. The molecule has 1 aromatic carbocycles. The standard InChI is InChI=1S/C14H17F3N2O/c1-9-8-10(2-3-12(9)18)13(20)19-6-4-11(5-7-19)14(15,16)17/h2-3,8,11H,4-7,18H2,1H3. The molecule has 2 N–H and O–H groups in total. The number of hydrogen-bond donors (Lipinski definition) is 1. The molecule has 2 rings (SSSR count). The van der Waals surface area contributed by atoms with Gasteiger partial charge in [0.1, 0.15) is 0 Å². The fourth-order valence-corrected chi connectivity index (χ4v) is 2.40. The molecular weight excluding hydrogens is 269 g/mol. The van der Waals surface area contributed by atoms with E-state index in [0.29, 0.717) is 11.3 Å². The van der Waals surface area contributed by atoms with Crippen LogP contribution in [0.15, 0.2) is 18.2 Å². The Bertz CT molecular complexity index is 506. The average molecular weight is 286 g/mol. The first-order chi connectivity index (χ1) is 9.29. The predicted octanol–water partition coefficient (Wildman–Crippen LogP) is 2.99. The third-order valence-electron chi connectivity index (χ3n) is 3.76. The van der Waals surface area contributed by atoms with Crippen LogP contribution in [0, 0.1) is 12.8 Å². The molecule has 0 spiro atoms. The number of carbonyl (C=O) groups is 1. The van der Waals surface area contributed by atoms with Crippen molar-refractivity contribution in [3.63, 3.8) is 0 Å². The Labute approximate surface area is 115 Å². The second kappa shape index (κ2) is 5.34. The van der Waals surface area contributed by atoms with Gasteiger partial charge in [0.05, 0.1) is 5.92 Å². The lowest BCUT2D eigenvalue weighted by molar-refractivity contribution is -0.183. The maximum absolute atomic E-state index is 12.6. The van der Waals surface area contributed by atoms with E-state index >= 15 is 0 Å². The van der Waals surface area contributed by atoms with Crippen LogP contribution in [0.3, 0.4) is 0 Å². The topological polar surface area (TPSA) is 46.3 Å². The molecule has 0 atom stereocenters. The zero-order valence-corrected chi connectivity index (χ0v) is 11.2.